The molecule has 2 atom stereocenters. The number of carbonyl (C=O) groups is 1. The molecule has 2 aromatic rings. The lowest BCUT2D eigenvalue weighted by Crippen LogP contribution is -2.66. The van der Waals surface area contributed by atoms with E-state index < -0.39 is 0 Å². The van der Waals surface area contributed by atoms with Gasteiger partial charge in [-0.05, 0) is 75.5 Å². The molecule has 0 saturated heterocycles. The maximum absolute atomic E-state index is 13.0. The van der Waals surface area contributed by atoms with E-state index in [1.807, 2.05) is 18.6 Å². The second-order valence-corrected chi connectivity index (χ2v) is 8.59. The van der Waals surface area contributed by atoms with E-state index in [-0.39, 0.29) is 17.0 Å². The first-order chi connectivity index (χ1) is 12.5. The maximum atomic E-state index is 13.0. The number of aryl methyl sites for hydroxylation is 2. The van der Waals surface area contributed by atoms with Gasteiger partial charge in [0.25, 0.3) is 5.91 Å². The second kappa shape index (κ2) is 5.31. The minimum atomic E-state index is -0.193. The number of amides is 1. The Labute approximate surface area is 151 Å². The lowest BCUT2D eigenvalue weighted by atomic mass is 9.50. The smallest absolute Gasteiger partial charge is 0.270 e. The number of nitrogens with one attached hydrogen (secondary N) is 1. The number of aromatic nitrogens is 6. The Morgan fingerprint density at radius 3 is 2.62 bits per heavy atom. The predicted molar refractivity (Wildman–Crippen MR) is 92.2 cm³/mol. The first kappa shape index (κ1) is 15.8. The first-order valence-corrected chi connectivity index (χ1v) is 9.34. The van der Waals surface area contributed by atoms with Crippen molar-refractivity contribution in [1.29, 1.82) is 0 Å². The fourth-order valence-corrected chi connectivity index (χ4v) is 6.12. The van der Waals surface area contributed by atoms with Gasteiger partial charge in [-0.25, -0.2) is 9.97 Å². The normalized spacial score (nSPS) is 34.8. The lowest BCUT2D eigenvalue weighted by Gasteiger charge is -2.61. The highest BCUT2D eigenvalue weighted by Crippen LogP contribution is 2.60. The molecule has 4 bridgehead atoms. The fraction of sp³-hybridized carbons (Fsp3) is 0.667. The predicted octanol–water partition coefficient (Wildman–Crippen LogP) is 1.56. The highest BCUT2D eigenvalue weighted by atomic mass is 16.2. The van der Waals surface area contributed by atoms with Crippen molar-refractivity contribution in [1.82, 2.24) is 35.5 Å². The van der Waals surface area contributed by atoms with Gasteiger partial charge in [-0.1, -0.05) is 0 Å². The molecule has 1 amide bonds. The van der Waals surface area contributed by atoms with Gasteiger partial charge in [0, 0.05) is 11.2 Å². The van der Waals surface area contributed by atoms with Gasteiger partial charge >= 0.3 is 0 Å². The summed E-state index contributed by atoms with van der Waals surface area (Å²) in [6.07, 6.45) is 7.88. The molecule has 136 valence electrons. The van der Waals surface area contributed by atoms with Crippen molar-refractivity contribution in [2.45, 2.75) is 63.5 Å². The average Bonchev–Trinajstić information content (AvgIpc) is 3.07. The van der Waals surface area contributed by atoms with Crippen LogP contribution in [-0.2, 0) is 5.54 Å². The van der Waals surface area contributed by atoms with Crippen LogP contribution in [0.1, 0.15) is 60.5 Å². The van der Waals surface area contributed by atoms with Gasteiger partial charge in [0.15, 0.2) is 6.33 Å². The third-order valence-corrected chi connectivity index (χ3v) is 6.38. The molecule has 4 aliphatic rings. The average molecular weight is 353 g/mol. The number of tetrazole rings is 1. The molecule has 0 spiro atoms. The summed E-state index contributed by atoms with van der Waals surface area (Å²) in [5, 5.41) is 15.9. The molecule has 0 aliphatic heterocycles. The van der Waals surface area contributed by atoms with Gasteiger partial charge in [0.2, 0.25) is 0 Å². The van der Waals surface area contributed by atoms with E-state index >= 15 is 0 Å². The number of hydrogen-bond acceptors (Lipinski definition) is 6. The Balaban J connectivity index is 1.46. The Kier molecular flexibility index (Phi) is 3.24. The minimum absolute atomic E-state index is 0.0951. The van der Waals surface area contributed by atoms with E-state index in [1.54, 1.807) is 6.07 Å². The van der Waals surface area contributed by atoms with E-state index in [1.165, 1.54) is 12.7 Å². The van der Waals surface area contributed by atoms with Crippen LogP contribution in [0.25, 0.3) is 0 Å². The van der Waals surface area contributed by atoms with E-state index in [2.05, 4.69) is 30.7 Å². The minimum Gasteiger partial charge on any atom is -0.345 e. The summed E-state index contributed by atoms with van der Waals surface area (Å²) >= 11 is 0. The Morgan fingerprint density at radius 1 is 1.19 bits per heavy atom. The monoisotopic (exact) mass is 353 g/mol. The number of hydrogen-bond donors (Lipinski definition) is 1. The van der Waals surface area contributed by atoms with Crippen LogP contribution in [0.15, 0.2) is 12.4 Å². The Hall–Kier alpha value is -2.38. The Morgan fingerprint density at radius 2 is 1.96 bits per heavy atom. The van der Waals surface area contributed by atoms with Crippen molar-refractivity contribution >= 4 is 5.91 Å². The zero-order chi connectivity index (χ0) is 17.9. The summed E-state index contributed by atoms with van der Waals surface area (Å²) in [7, 11) is 0. The van der Waals surface area contributed by atoms with E-state index in [4.69, 9.17) is 0 Å². The number of carbonyl (C=O) groups excluding carboxylic acids is 1. The van der Waals surface area contributed by atoms with Crippen LogP contribution in [0.2, 0.25) is 0 Å². The standard InChI is InChI=1S/C18H23N7O/c1-11-3-15(22-12(2)21-11)16(26)23-17-5-13-4-14(6-17)8-18(7-13,9-17)25-20-10-19-24-25/h3,10,13-14H,4-9H2,1-2H3,(H,23,26)/t13-,14-,17?,18?/m1/s1. The van der Waals surface area contributed by atoms with Gasteiger partial charge < -0.3 is 5.32 Å². The molecule has 2 aromatic heterocycles. The number of rotatable bonds is 3. The summed E-state index contributed by atoms with van der Waals surface area (Å²) in [6, 6.07) is 1.76. The third kappa shape index (κ3) is 2.42. The van der Waals surface area contributed by atoms with Crippen molar-refractivity contribution in [3.63, 3.8) is 0 Å². The summed E-state index contributed by atoms with van der Waals surface area (Å²) in [5.74, 6) is 1.75. The van der Waals surface area contributed by atoms with E-state index in [0.717, 1.165) is 37.8 Å². The Bertz CT molecular complexity index is 828. The van der Waals surface area contributed by atoms with Crippen molar-refractivity contribution in [2.24, 2.45) is 11.8 Å². The van der Waals surface area contributed by atoms with Crippen LogP contribution in [0.3, 0.4) is 0 Å². The van der Waals surface area contributed by atoms with Crippen LogP contribution in [0.4, 0.5) is 0 Å². The van der Waals surface area contributed by atoms with Crippen LogP contribution in [0.5, 0.6) is 0 Å². The lowest BCUT2D eigenvalue weighted by molar-refractivity contribution is -0.0811. The van der Waals surface area contributed by atoms with Crippen molar-refractivity contribution in [3.05, 3.63) is 29.6 Å². The summed E-state index contributed by atoms with van der Waals surface area (Å²) < 4.78 is 0. The van der Waals surface area contributed by atoms with Gasteiger partial charge in [-0.2, -0.15) is 4.80 Å². The molecule has 0 unspecified atom stereocenters. The molecular formula is C18H23N7O. The van der Waals surface area contributed by atoms with Gasteiger partial charge in [0.05, 0.1) is 5.54 Å². The van der Waals surface area contributed by atoms with E-state index in [9.17, 15) is 4.79 Å². The second-order valence-electron chi connectivity index (χ2n) is 8.59. The third-order valence-electron chi connectivity index (χ3n) is 6.38. The first-order valence-electron chi connectivity index (χ1n) is 9.34. The fourth-order valence-electron chi connectivity index (χ4n) is 6.12. The van der Waals surface area contributed by atoms with Crippen LogP contribution in [0, 0.1) is 25.7 Å². The highest BCUT2D eigenvalue weighted by Gasteiger charge is 2.60. The van der Waals surface area contributed by atoms with E-state index in [0.29, 0.717) is 23.4 Å². The molecule has 4 fully saturated rings. The summed E-state index contributed by atoms with van der Waals surface area (Å²) in [4.78, 5) is 23.4. The van der Waals surface area contributed by atoms with Gasteiger partial charge in [-0.3, -0.25) is 4.79 Å². The molecule has 8 nitrogen and oxygen atoms in total. The molecule has 1 N–H and O–H groups in total. The molecule has 4 saturated carbocycles. The maximum Gasteiger partial charge on any atom is 0.270 e. The largest absolute Gasteiger partial charge is 0.345 e. The van der Waals surface area contributed by atoms with Crippen LogP contribution >= 0.6 is 0 Å². The quantitative estimate of drug-likeness (QED) is 0.899. The topological polar surface area (TPSA) is 98.5 Å². The van der Waals surface area contributed by atoms with Crippen molar-refractivity contribution < 1.29 is 4.79 Å². The zero-order valence-electron chi connectivity index (χ0n) is 15.1. The SMILES string of the molecule is Cc1cc(C(=O)NC23C[C@H]4C[C@H](C2)CC(n2ncnn2)(C4)C3)nc(C)n1. The summed E-state index contributed by atoms with van der Waals surface area (Å²) in [6.45, 7) is 3.71. The molecule has 26 heavy (non-hydrogen) atoms. The molecule has 0 radical (unpaired) electrons. The van der Waals surface area contributed by atoms with Crippen molar-refractivity contribution in [3.8, 4) is 0 Å². The molecule has 4 aliphatic carbocycles. The highest BCUT2D eigenvalue weighted by molar-refractivity contribution is 5.93. The summed E-state index contributed by atoms with van der Waals surface area (Å²) in [5.41, 5.74) is 0.975. The van der Waals surface area contributed by atoms with Gasteiger partial charge in [0.1, 0.15) is 11.5 Å². The molecule has 8 heteroatoms. The number of nitrogens with zero attached hydrogens (tertiary/aromatic N) is 6. The van der Waals surface area contributed by atoms with Crippen LogP contribution < -0.4 is 5.32 Å². The molecule has 6 rings (SSSR count). The molecule has 2 heterocycles. The molecular weight excluding hydrogens is 330 g/mol. The molecule has 0 aromatic carbocycles. The zero-order valence-corrected chi connectivity index (χ0v) is 15.1. The van der Waals surface area contributed by atoms with Gasteiger partial charge in [-0.15, -0.1) is 10.2 Å². The van der Waals surface area contributed by atoms with Crippen LogP contribution in [-0.4, -0.2) is 41.6 Å². The van der Waals surface area contributed by atoms with Crippen molar-refractivity contribution in [2.75, 3.05) is 0 Å².